The minimum Gasteiger partial charge on any atom is -0.379 e. The fraction of sp³-hybridized carbons (Fsp3) is 0.556. The number of benzene rings is 1. The lowest BCUT2D eigenvalue weighted by atomic mass is 10.2. The molecule has 0 aliphatic carbocycles. The van der Waals surface area contributed by atoms with E-state index >= 15 is 0 Å². The van der Waals surface area contributed by atoms with Crippen LogP contribution in [0.5, 0.6) is 0 Å². The molecule has 2 heterocycles. The molecule has 0 unspecified atom stereocenters. The molecule has 0 bridgehead atoms. The van der Waals surface area contributed by atoms with Gasteiger partial charge in [0.25, 0.3) is 5.69 Å². The van der Waals surface area contributed by atoms with Crippen LogP contribution in [0, 0.1) is 10.1 Å². The Hall–Kier alpha value is -2.01. The number of hydrogen-bond acceptors (Lipinski definition) is 7. The number of anilines is 1. The zero-order valence-corrected chi connectivity index (χ0v) is 16.9. The predicted molar refractivity (Wildman–Crippen MR) is 106 cm³/mol. The summed E-state index contributed by atoms with van der Waals surface area (Å²) in [5.41, 5.74) is 1.36. The standard InChI is InChI=1S/C18H26N4O5S/c1-15(2)14-19-5-7-20(8-6-19)17-4-3-16(13-18(17)22(23)24)28(25,26)21-9-11-27-12-10-21/h3-4,13H,1,5-12,14H2,2H3. The molecule has 28 heavy (non-hydrogen) atoms. The summed E-state index contributed by atoms with van der Waals surface area (Å²) in [6.45, 7) is 10.7. The molecular formula is C18H26N4O5S. The van der Waals surface area contributed by atoms with E-state index in [9.17, 15) is 18.5 Å². The zero-order chi connectivity index (χ0) is 20.3. The van der Waals surface area contributed by atoms with Crippen molar-refractivity contribution in [2.24, 2.45) is 0 Å². The van der Waals surface area contributed by atoms with Crippen molar-refractivity contribution in [1.29, 1.82) is 0 Å². The van der Waals surface area contributed by atoms with Crippen LogP contribution in [0.15, 0.2) is 35.2 Å². The predicted octanol–water partition coefficient (Wildman–Crippen LogP) is 1.31. The van der Waals surface area contributed by atoms with Crippen molar-refractivity contribution >= 4 is 21.4 Å². The van der Waals surface area contributed by atoms with Gasteiger partial charge in [0.15, 0.2) is 0 Å². The van der Waals surface area contributed by atoms with E-state index in [-0.39, 0.29) is 23.7 Å². The van der Waals surface area contributed by atoms with Gasteiger partial charge in [-0.15, -0.1) is 0 Å². The second-order valence-electron chi connectivity index (χ2n) is 7.14. The third-order valence-electron chi connectivity index (χ3n) is 4.96. The first kappa shape index (κ1) is 20.7. The summed E-state index contributed by atoms with van der Waals surface area (Å²) in [6.07, 6.45) is 0. The number of sulfonamides is 1. The average Bonchev–Trinajstić information content (AvgIpc) is 2.68. The molecule has 0 spiro atoms. The number of hydrogen-bond donors (Lipinski definition) is 0. The molecule has 0 aromatic heterocycles. The first-order valence-corrected chi connectivity index (χ1v) is 10.7. The van der Waals surface area contributed by atoms with Crippen LogP contribution >= 0.6 is 0 Å². The van der Waals surface area contributed by atoms with Crippen molar-refractivity contribution in [1.82, 2.24) is 9.21 Å². The molecule has 1 aromatic rings. The highest BCUT2D eigenvalue weighted by Gasteiger charge is 2.30. The molecule has 9 nitrogen and oxygen atoms in total. The Morgan fingerprint density at radius 3 is 2.39 bits per heavy atom. The molecule has 0 amide bonds. The third kappa shape index (κ3) is 4.52. The van der Waals surface area contributed by atoms with E-state index in [1.807, 2.05) is 11.8 Å². The summed E-state index contributed by atoms with van der Waals surface area (Å²) in [7, 11) is -3.78. The number of ether oxygens (including phenoxy) is 1. The Kier molecular flexibility index (Phi) is 6.33. The molecule has 3 rings (SSSR count). The van der Waals surface area contributed by atoms with Crippen molar-refractivity contribution in [2.45, 2.75) is 11.8 Å². The van der Waals surface area contributed by atoms with E-state index in [0.29, 0.717) is 32.0 Å². The van der Waals surface area contributed by atoms with Crippen LogP contribution in [-0.4, -0.2) is 81.6 Å². The third-order valence-corrected chi connectivity index (χ3v) is 6.85. The largest absolute Gasteiger partial charge is 0.379 e. The van der Waals surface area contributed by atoms with E-state index in [2.05, 4.69) is 11.5 Å². The molecular weight excluding hydrogens is 384 g/mol. The quantitative estimate of drug-likeness (QED) is 0.396. The molecule has 1 aromatic carbocycles. The van der Waals surface area contributed by atoms with Crippen LogP contribution in [0.25, 0.3) is 0 Å². The van der Waals surface area contributed by atoms with Crippen molar-refractivity contribution in [3.05, 3.63) is 40.5 Å². The normalized spacial score (nSPS) is 19.5. The number of morpholine rings is 1. The maximum absolute atomic E-state index is 12.8. The van der Waals surface area contributed by atoms with E-state index < -0.39 is 14.9 Å². The number of rotatable bonds is 6. The Morgan fingerprint density at radius 2 is 1.82 bits per heavy atom. The number of nitro benzene ring substituents is 1. The second-order valence-corrected chi connectivity index (χ2v) is 9.08. The van der Waals surface area contributed by atoms with Gasteiger partial charge in [0.05, 0.1) is 23.0 Å². The SMILES string of the molecule is C=C(C)CN1CCN(c2ccc(S(=O)(=O)N3CCOCC3)cc2[N+](=O)[O-])CC1. The Balaban J connectivity index is 1.82. The summed E-state index contributed by atoms with van der Waals surface area (Å²) >= 11 is 0. The molecule has 2 fully saturated rings. The topological polar surface area (TPSA) is 96.2 Å². The van der Waals surface area contributed by atoms with Crippen molar-refractivity contribution in [3.8, 4) is 0 Å². The first-order chi connectivity index (χ1) is 13.3. The smallest absolute Gasteiger partial charge is 0.293 e. The lowest BCUT2D eigenvalue weighted by Crippen LogP contribution is -2.47. The van der Waals surface area contributed by atoms with Gasteiger partial charge in [-0.25, -0.2) is 8.42 Å². The minimum absolute atomic E-state index is 0.0502. The van der Waals surface area contributed by atoms with Crippen LogP contribution < -0.4 is 4.90 Å². The number of nitro groups is 1. The molecule has 0 N–H and O–H groups in total. The van der Waals surface area contributed by atoms with E-state index in [0.717, 1.165) is 25.2 Å². The summed E-state index contributed by atoms with van der Waals surface area (Å²) in [5.74, 6) is 0. The highest BCUT2D eigenvalue weighted by Crippen LogP contribution is 2.32. The Labute approximate surface area is 165 Å². The minimum atomic E-state index is -3.78. The monoisotopic (exact) mass is 410 g/mol. The lowest BCUT2D eigenvalue weighted by Gasteiger charge is -2.36. The molecule has 0 atom stereocenters. The number of nitrogens with zero attached hydrogens (tertiary/aromatic N) is 4. The van der Waals surface area contributed by atoms with Crippen LogP contribution in [0.2, 0.25) is 0 Å². The summed E-state index contributed by atoms with van der Waals surface area (Å²) in [4.78, 5) is 15.3. The van der Waals surface area contributed by atoms with Gasteiger partial charge in [-0.1, -0.05) is 12.2 Å². The van der Waals surface area contributed by atoms with Crippen LogP contribution in [-0.2, 0) is 14.8 Å². The molecule has 0 saturated carbocycles. The first-order valence-electron chi connectivity index (χ1n) is 9.27. The Bertz CT molecular complexity index is 844. The van der Waals surface area contributed by atoms with Crippen molar-refractivity contribution in [2.75, 3.05) is 63.9 Å². The van der Waals surface area contributed by atoms with Gasteiger partial charge in [-0.3, -0.25) is 15.0 Å². The van der Waals surface area contributed by atoms with Crippen LogP contribution in [0.1, 0.15) is 6.92 Å². The second kappa shape index (κ2) is 8.56. The maximum atomic E-state index is 12.8. The van der Waals surface area contributed by atoms with Crippen molar-refractivity contribution in [3.63, 3.8) is 0 Å². The number of piperazine rings is 1. The summed E-state index contributed by atoms with van der Waals surface area (Å²) in [5, 5.41) is 11.7. The molecule has 154 valence electrons. The molecule has 2 aliphatic heterocycles. The Morgan fingerprint density at radius 1 is 1.18 bits per heavy atom. The van der Waals surface area contributed by atoms with Gasteiger partial charge >= 0.3 is 0 Å². The van der Waals surface area contributed by atoms with Gasteiger partial charge < -0.3 is 9.64 Å². The molecule has 2 aliphatic rings. The highest BCUT2D eigenvalue weighted by molar-refractivity contribution is 7.89. The van der Waals surface area contributed by atoms with Gasteiger partial charge in [0.1, 0.15) is 5.69 Å². The van der Waals surface area contributed by atoms with Gasteiger partial charge in [0, 0.05) is 51.9 Å². The van der Waals surface area contributed by atoms with Crippen LogP contribution in [0.4, 0.5) is 11.4 Å². The van der Waals surface area contributed by atoms with E-state index in [1.165, 1.54) is 16.4 Å². The van der Waals surface area contributed by atoms with Gasteiger partial charge in [-0.05, 0) is 19.1 Å². The van der Waals surface area contributed by atoms with Crippen LogP contribution in [0.3, 0.4) is 0 Å². The van der Waals surface area contributed by atoms with Crippen molar-refractivity contribution < 1.29 is 18.1 Å². The van der Waals surface area contributed by atoms with Gasteiger partial charge in [-0.2, -0.15) is 4.31 Å². The van der Waals surface area contributed by atoms with E-state index in [1.54, 1.807) is 6.07 Å². The molecule has 2 saturated heterocycles. The fourth-order valence-corrected chi connectivity index (χ4v) is 4.97. The average molecular weight is 410 g/mol. The molecule has 10 heteroatoms. The van der Waals surface area contributed by atoms with E-state index in [4.69, 9.17) is 4.74 Å². The zero-order valence-electron chi connectivity index (χ0n) is 16.0. The maximum Gasteiger partial charge on any atom is 0.293 e. The summed E-state index contributed by atoms with van der Waals surface area (Å²) in [6, 6.07) is 4.20. The highest BCUT2D eigenvalue weighted by atomic mass is 32.2. The summed E-state index contributed by atoms with van der Waals surface area (Å²) < 4.78 is 32.1. The van der Waals surface area contributed by atoms with Gasteiger partial charge in [0.2, 0.25) is 10.0 Å². The lowest BCUT2D eigenvalue weighted by molar-refractivity contribution is -0.384. The fourth-order valence-electron chi connectivity index (χ4n) is 3.54. The molecule has 0 radical (unpaired) electrons.